The summed E-state index contributed by atoms with van der Waals surface area (Å²) in [6.45, 7) is 3.61. The number of thiophene rings is 1. The molecule has 1 saturated carbocycles. The highest BCUT2D eigenvalue weighted by Crippen LogP contribution is 2.35. The lowest BCUT2D eigenvalue weighted by Gasteiger charge is -2.36. The summed E-state index contributed by atoms with van der Waals surface area (Å²) in [5, 5.41) is 5.64. The van der Waals surface area contributed by atoms with Crippen molar-refractivity contribution in [1.82, 2.24) is 10.2 Å². The molecule has 2 nitrogen and oxygen atoms in total. The maximum atomic E-state index is 3.46. The van der Waals surface area contributed by atoms with Crippen LogP contribution in [0.4, 0.5) is 0 Å². The first-order valence-electron chi connectivity index (χ1n) is 8.10. The summed E-state index contributed by atoms with van der Waals surface area (Å²) in [7, 11) is 4.41. The lowest BCUT2D eigenvalue weighted by atomic mass is 9.79. The molecule has 0 amide bonds. The van der Waals surface area contributed by atoms with Crippen molar-refractivity contribution in [1.29, 1.82) is 0 Å². The van der Waals surface area contributed by atoms with Crippen LogP contribution in [0, 0.1) is 5.41 Å². The van der Waals surface area contributed by atoms with Crippen LogP contribution in [-0.2, 0) is 6.42 Å². The van der Waals surface area contributed by atoms with Crippen molar-refractivity contribution in [2.45, 2.75) is 44.9 Å². The molecule has 1 aliphatic carbocycles. The molecular formula is C17H30N2S. The van der Waals surface area contributed by atoms with E-state index in [4.69, 9.17) is 0 Å². The summed E-state index contributed by atoms with van der Waals surface area (Å²) in [6, 6.07) is 4.42. The van der Waals surface area contributed by atoms with Crippen molar-refractivity contribution in [3.63, 3.8) is 0 Å². The fourth-order valence-electron chi connectivity index (χ4n) is 3.65. The van der Waals surface area contributed by atoms with E-state index < -0.39 is 0 Å². The summed E-state index contributed by atoms with van der Waals surface area (Å²) in [4.78, 5) is 4.07. The zero-order chi connectivity index (χ0) is 14.3. The number of hydrogen-bond donors (Lipinski definition) is 1. The number of hydrogen-bond acceptors (Lipinski definition) is 3. The van der Waals surface area contributed by atoms with Gasteiger partial charge in [0.15, 0.2) is 0 Å². The Morgan fingerprint density at radius 3 is 2.60 bits per heavy atom. The van der Waals surface area contributed by atoms with Crippen LogP contribution in [0.5, 0.6) is 0 Å². The van der Waals surface area contributed by atoms with Gasteiger partial charge >= 0.3 is 0 Å². The third kappa shape index (κ3) is 4.87. The predicted molar refractivity (Wildman–Crippen MR) is 89.6 cm³/mol. The third-order valence-electron chi connectivity index (χ3n) is 4.64. The lowest BCUT2D eigenvalue weighted by molar-refractivity contribution is 0.150. The van der Waals surface area contributed by atoms with E-state index in [0.29, 0.717) is 5.41 Å². The van der Waals surface area contributed by atoms with Gasteiger partial charge in [-0.25, -0.2) is 0 Å². The monoisotopic (exact) mass is 294 g/mol. The van der Waals surface area contributed by atoms with E-state index in [1.54, 1.807) is 0 Å². The largest absolute Gasteiger partial charge is 0.319 e. The molecule has 0 saturated heterocycles. The van der Waals surface area contributed by atoms with Crippen LogP contribution in [0.25, 0.3) is 0 Å². The van der Waals surface area contributed by atoms with Gasteiger partial charge in [0.05, 0.1) is 0 Å². The Labute approximate surface area is 128 Å². The molecule has 0 unspecified atom stereocenters. The third-order valence-corrected chi connectivity index (χ3v) is 5.58. The molecule has 1 heterocycles. The van der Waals surface area contributed by atoms with Crippen LogP contribution in [0.2, 0.25) is 0 Å². The van der Waals surface area contributed by atoms with E-state index in [1.807, 2.05) is 11.3 Å². The van der Waals surface area contributed by atoms with E-state index in [2.05, 4.69) is 41.8 Å². The number of nitrogens with one attached hydrogen (secondary N) is 1. The molecule has 1 N–H and O–H groups in total. The topological polar surface area (TPSA) is 15.3 Å². The Hall–Kier alpha value is -0.380. The molecule has 114 valence electrons. The number of nitrogens with zero attached hydrogens (tertiary/aromatic N) is 1. The molecule has 1 aromatic rings. The highest BCUT2D eigenvalue weighted by atomic mass is 32.1. The van der Waals surface area contributed by atoms with Gasteiger partial charge < -0.3 is 10.2 Å². The van der Waals surface area contributed by atoms with Gasteiger partial charge in [0, 0.05) is 24.5 Å². The van der Waals surface area contributed by atoms with Gasteiger partial charge in [-0.15, -0.1) is 11.3 Å². The molecule has 1 aromatic heterocycles. The van der Waals surface area contributed by atoms with Crippen LogP contribution < -0.4 is 5.32 Å². The second-order valence-corrected chi connectivity index (χ2v) is 7.54. The minimum absolute atomic E-state index is 0.509. The van der Waals surface area contributed by atoms with Crippen LogP contribution in [0.3, 0.4) is 0 Å². The van der Waals surface area contributed by atoms with Gasteiger partial charge in [-0.2, -0.15) is 0 Å². The molecule has 0 spiro atoms. The summed E-state index contributed by atoms with van der Waals surface area (Å²) in [5.74, 6) is 0. The van der Waals surface area contributed by atoms with E-state index in [9.17, 15) is 0 Å². The van der Waals surface area contributed by atoms with Crippen molar-refractivity contribution in [3.8, 4) is 0 Å². The van der Waals surface area contributed by atoms with Crippen molar-refractivity contribution in [3.05, 3.63) is 22.4 Å². The first-order valence-corrected chi connectivity index (χ1v) is 8.98. The maximum absolute atomic E-state index is 3.46. The van der Waals surface area contributed by atoms with E-state index >= 15 is 0 Å². The van der Waals surface area contributed by atoms with E-state index in [1.165, 1.54) is 69.5 Å². The molecule has 20 heavy (non-hydrogen) atoms. The zero-order valence-electron chi connectivity index (χ0n) is 13.2. The Kier molecular flexibility index (Phi) is 6.53. The standard InChI is InChI=1S/C17H30N2S/c1-18-14-17(10-5-3-4-6-11-17)15-19(2)12-9-16-8-7-13-20-16/h7-8,13,18H,3-6,9-12,14-15H2,1-2H3. The molecule has 0 atom stereocenters. The van der Waals surface area contributed by atoms with Crippen molar-refractivity contribution >= 4 is 11.3 Å². The maximum Gasteiger partial charge on any atom is 0.00579 e. The van der Waals surface area contributed by atoms with E-state index in [0.717, 1.165) is 0 Å². The SMILES string of the molecule is CNCC1(CN(C)CCc2cccs2)CCCCCC1. The second kappa shape index (κ2) is 8.16. The van der Waals surface area contributed by atoms with E-state index in [-0.39, 0.29) is 0 Å². The van der Waals surface area contributed by atoms with Gasteiger partial charge in [-0.1, -0.05) is 31.7 Å². The first kappa shape index (κ1) is 16.0. The summed E-state index contributed by atoms with van der Waals surface area (Å²) >= 11 is 1.88. The minimum Gasteiger partial charge on any atom is -0.319 e. The summed E-state index contributed by atoms with van der Waals surface area (Å²) < 4.78 is 0. The Balaban J connectivity index is 1.85. The molecule has 1 aliphatic rings. The van der Waals surface area contributed by atoms with Gasteiger partial charge in [0.1, 0.15) is 0 Å². The van der Waals surface area contributed by atoms with Crippen molar-refractivity contribution < 1.29 is 0 Å². The number of rotatable bonds is 7. The molecule has 2 rings (SSSR count). The molecule has 0 aromatic carbocycles. The average Bonchev–Trinajstić information content (AvgIpc) is 2.85. The van der Waals surface area contributed by atoms with Crippen LogP contribution in [0.15, 0.2) is 17.5 Å². The average molecular weight is 295 g/mol. The Morgan fingerprint density at radius 2 is 2.00 bits per heavy atom. The Bertz CT molecular complexity index is 353. The smallest absolute Gasteiger partial charge is 0.00579 e. The van der Waals surface area contributed by atoms with Gasteiger partial charge in [-0.05, 0) is 50.2 Å². The fraction of sp³-hybridized carbons (Fsp3) is 0.765. The first-order chi connectivity index (χ1) is 9.74. The van der Waals surface area contributed by atoms with Gasteiger partial charge in [-0.3, -0.25) is 0 Å². The molecular weight excluding hydrogens is 264 g/mol. The van der Waals surface area contributed by atoms with Gasteiger partial charge in [0.25, 0.3) is 0 Å². The highest BCUT2D eigenvalue weighted by molar-refractivity contribution is 7.09. The zero-order valence-corrected chi connectivity index (χ0v) is 14.0. The predicted octanol–water partition coefficient (Wildman–Crippen LogP) is 3.78. The summed E-state index contributed by atoms with van der Waals surface area (Å²) in [6.07, 6.45) is 9.70. The van der Waals surface area contributed by atoms with Crippen LogP contribution >= 0.6 is 11.3 Å². The molecule has 0 radical (unpaired) electrons. The fourth-order valence-corrected chi connectivity index (χ4v) is 4.35. The molecule has 0 aliphatic heterocycles. The second-order valence-electron chi connectivity index (χ2n) is 6.51. The minimum atomic E-state index is 0.509. The quantitative estimate of drug-likeness (QED) is 0.770. The van der Waals surface area contributed by atoms with Crippen LogP contribution in [0.1, 0.15) is 43.4 Å². The molecule has 1 fully saturated rings. The van der Waals surface area contributed by atoms with Crippen molar-refractivity contribution in [2.75, 3.05) is 33.7 Å². The lowest BCUT2D eigenvalue weighted by Crippen LogP contribution is -2.42. The Morgan fingerprint density at radius 1 is 1.25 bits per heavy atom. The molecule has 3 heteroatoms. The normalized spacial score (nSPS) is 19.1. The molecule has 0 bridgehead atoms. The summed E-state index contributed by atoms with van der Waals surface area (Å²) in [5.41, 5.74) is 0.509. The highest BCUT2D eigenvalue weighted by Gasteiger charge is 2.31. The van der Waals surface area contributed by atoms with Crippen LogP contribution in [-0.4, -0.2) is 38.6 Å². The number of likely N-dealkylation sites (N-methyl/N-ethyl adjacent to an activating group) is 1. The van der Waals surface area contributed by atoms with Crippen molar-refractivity contribution in [2.24, 2.45) is 5.41 Å². The van der Waals surface area contributed by atoms with Gasteiger partial charge in [0.2, 0.25) is 0 Å².